The van der Waals surface area contributed by atoms with E-state index in [1.807, 2.05) is 13.8 Å². The molecule has 34 heavy (non-hydrogen) atoms. The number of imidazole rings is 1. The molecule has 0 spiro atoms. The van der Waals surface area contributed by atoms with Gasteiger partial charge in [0.2, 0.25) is 5.91 Å². The number of hydrogen-bond donors (Lipinski definition) is 2. The smallest absolute Gasteiger partial charge is 0.327 e. The molecule has 12 nitrogen and oxygen atoms in total. The highest BCUT2D eigenvalue weighted by atomic mass is 31.2. The number of fused-ring (bicyclic) bond motifs is 1. The van der Waals surface area contributed by atoms with E-state index in [0.29, 0.717) is 35.6 Å². The molecule has 5 atom stereocenters. The summed E-state index contributed by atoms with van der Waals surface area (Å²) in [5.41, 5.74) is -0.0672. The molecule has 0 radical (unpaired) electrons. The first-order valence-corrected chi connectivity index (χ1v) is 13.2. The van der Waals surface area contributed by atoms with E-state index in [1.54, 1.807) is 18.4 Å². The number of hydrogen-bond acceptors (Lipinski definition) is 10. The Labute approximate surface area is 198 Å². The van der Waals surface area contributed by atoms with Gasteiger partial charge in [0.15, 0.2) is 17.0 Å². The predicted molar refractivity (Wildman–Crippen MR) is 125 cm³/mol. The number of nitrogens with one attached hydrogen (secondary N) is 1. The third-order valence-corrected chi connectivity index (χ3v) is 7.05. The van der Waals surface area contributed by atoms with E-state index in [9.17, 15) is 14.5 Å². The minimum absolute atomic E-state index is 0.135. The largest absolute Gasteiger partial charge is 0.389 e. The Morgan fingerprint density at radius 3 is 2.74 bits per heavy atom. The van der Waals surface area contributed by atoms with Gasteiger partial charge in [-0.2, -0.15) is 0 Å². The normalized spacial score (nSPS) is 26.6. The van der Waals surface area contributed by atoms with Gasteiger partial charge >= 0.3 is 7.60 Å². The van der Waals surface area contributed by atoms with Crippen molar-refractivity contribution in [2.45, 2.75) is 59.0 Å². The van der Waals surface area contributed by atoms with Crippen LogP contribution in [0, 0.1) is 12.3 Å². The third-order valence-electron chi connectivity index (χ3n) is 5.71. The molecular formula is C21H34N5O7P. The van der Waals surface area contributed by atoms with Gasteiger partial charge in [-0.05, 0) is 20.3 Å². The molecule has 2 aromatic heterocycles. The number of aliphatic hydroxyl groups excluding tert-OH is 1. The number of aryl methyl sites for hydroxylation is 1. The van der Waals surface area contributed by atoms with Gasteiger partial charge in [-0.25, -0.2) is 15.0 Å². The molecule has 3 rings (SSSR count). The average molecular weight is 500 g/mol. The van der Waals surface area contributed by atoms with E-state index in [2.05, 4.69) is 20.3 Å². The van der Waals surface area contributed by atoms with Crippen LogP contribution in [-0.4, -0.2) is 76.3 Å². The predicted octanol–water partition coefficient (Wildman–Crippen LogP) is 2.66. The summed E-state index contributed by atoms with van der Waals surface area (Å²) in [7, 11) is -1.75. The third kappa shape index (κ3) is 5.48. The number of carbonyl (C=O) groups is 1. The molecule has 0 saturated carbocycles. The van der Waals surface area contributed by atoms with E-state index >= 15 is 0 Å². The van der Waals surface area contributed by atoms with Crippen molar-refractivity contribution in [3.05, 3.63) is 12.2 Å². The second kappa shape index (κ2) is 10.8. The molecule has 0 aromatic carbocycles. The van der Waals surface area contributed by atoms with Crippen LogP contribution >= 0.6 is 7.60 Å². The van der Waals surface area contributed by atoms with Crippen molar-refractivity contribution in [2.24, 2.45) is 5.41 Å². The second-order valence-electron chi connectivity index (χ2n) is 8.64. The summed E-state index contributed by atoms with van der Waals surface area (Å²) in [6.07, 6.45) is 0.0470. The van der Waals surface area contributed by atoms with Gasteiger partial charge in [0.25, 0.3) is 0 Å². The first-order valence-electron chi connectivity index (χ1n) is 11.3. The molecule has 1 fully saturated rings. The van der Waals surface area contributed by atoms with Crippen molar-refractivity contribution in [1.82, 2.24) is 19.5 Å². The van der Waals surface area contributed by atoms with Crippen LogP contribution in [0.3, 0.4) is 0 Å². The number of ether oxygens (including phenoxy) is 2. The molecule has 2 aromatic rings. The van der Waals surface area contributed by atoms with Crippen LogP contribution in [0.2, 0.25) is 0 Å². The first-order chi connectivity index (χ1) is 16.1. The first kappa shape index (κ1) is 26.7. The van der Waals surface area contributed by atoms with Crippen LogP contribution in [0.5, 0.6) is 0 Å². The fourth-order valence-corrected chi connectivity index (χ4v) is 5.10. The van der Waals surface area contributed by atoms with Gasteiger partial charge in [0, 0.05) is 20.2 Å². The van der Waals surface area contributed by atoms with Crippen LogP contribution in [0.15, 0.2) is 6.33 Å². The summed E-state index contributed by atoms with van der Waals surface area (Å²) in [6.45, 7) is 8.82. The van der Waals surface area contributed by atoms with Gasteiger partial charge in [0.1, 0.15) is 18.2 Å². The number of aliphatic hydroxyl groups is 1. The van der Waals surface area contributed by atoms with E-state index in [0.717, 1.165) is 0 Å². The topological polar surface area (TPSA) is 147 Å². The molecule has 1 aliphatic rings. The van der Waals surface area contributed by atoms with E-state index in [4.69, 9.17) is 18.5 Å². The highest BCUT2D eigenvalue weighted by Gasteiger charge is 2.55. The van der Waals surface area contributed by atoms with Crippen molar-refractivity contribution in [2.75, 3.05) is 38.9 Å². The maximum Gasteiger partial charge on any atom is 0.327 e. The molecule has 2 unspecified atom stereocenters. The quantitative estimate of drug-likeness (QED) is 0.442. The SMILES string of the molecule is CCCC(=O)Nc1nc(C)nc2c1ncn2[C@@H]1O[C@H](COP(C)(=O)OCC)[C@H](O)C1(C)COC. The molecule has 1 aliphatic heterocycles. The Hall–Kier alpha value is -1.95. The van der Waals surface area contributed by atoms with Gasteiger partial charge < -0.3 is 28.9 Å². The number of nitrogens with zero attached hydrogens (tertiary/aromatic N) is 4. The van der Waals surface area contributed by atoms with Crippen LogP contribution in [0.25, 0.3) is 11.2 Å². The van der Waals surface area contributed by atoms with Gasteiger partial charge in [0.05, 0.1) is 37.7 Å². The Kier molecular flexibility index (Phi) is 8.43. The lowest BCUT2D eigenvalue weighted by Crippen LogP contribution is -2.41. The number of carbonyl (C=O) groups excluding carboxylic acids is 1. The summed E-state index contributed by atoms with van der Waals surface area (Å²) in [4.78, 5) is 25.5. The Morgan fingerprint density at radius 2 is 2.09 bits per heavy atom. The lowest BCUT2D eigenvalue weighted by molar-refractivity contribution is -0.116. The number of methoxy groups -OCH3 is 1. The zero-order valence-corrected chi connectivity index (χ0v) is 21.4. The number of anilines is 1. The maximum atomic E-state index is 12.4. The number of aromatic nitrogens is 4. The molecule has 0 bridgehead atoms. The molecule has 1 amide bonds. The summed E-state index contributed by atoms with van der Waals surface area (Å²) >= 11 is 0. The second-order valence-corrected chi connectivity index (χ2v) is 10.7. The lowest BCUT2D eigenvalue weighted by Gasteiger charge is -2.32. The Bertz CT molecular complexity index is 1060. The summed E-state index contributed by atoms with van der Waals surface area (Å²) < 4.78 is 36.3. The van der Waals surface area contributed by atoms with Crippen LogP contribution in [-0.2, 0) is 27.9 Å². The monoisotopic (exact) mass is 499 g/mol. The van der Waals surface area contributed by atoms with Crippen LogP contribution in [0.1, 0.15) is 45.7 Å². The van der Waals surface area contributed by atoms with Crippen LogP contribution in [0.4, 0.5) is 5.82 Å². The molecule has 1 saturated heterocycles. The fourth-order valence-electron chi connectivity index (χ4n) is 4.13. The number of amides is 1. The molecule has 3 heterocycles. The highest BCUT2D eigenvalue weighted by molar-refractivity contribution is 7.52. The van der Waals surface area contributed by atoms with Gasteiger partial charge in [-0.1, -0.05) is 13.8 Å². The zero-order chi connectivity index (χ0) is 25.1. The minimum atomic E-state index is -3.28. The van der Waals surface area contributed by atoms with Gasteiger partial charge in [-0.15, -0.1) is 0 Å². The van der Waals surface area contributed by atoms with Crippen LogP contribution < -0.4 is 5.32 Å². The van der Waals surface area contributed by atoms with Crippen molar-refractivity contribution < 1.29 is 33.0 Å². The molecule has 0 aliphatic carbocycles. The van der Waals surface area contributed by atoms with Gasteiger partial charge in [-0.3, -0.25) is 13.9 Å². The summed E-state index contributed by atoms with van der Waals surface area (Å²) in [5.74, 6) is 0.593. The standard InChI is InChI=1S/C21H34N5O7P/c1-7-9-15(27)25-18-16-19(24-13(3)23-18)26(12-22-16)20-21(4,11-30-5)17(28)14(33-20)10-32-34(6,29)31-8-2/h12,14,17,20,28H,7-11H2,1-6H3,(H,23,24,25,27)/t14-,17+,20-,21?,34?/m1/s1. The number of rotatable bonds is 11. The summed E-state index contributed by atoms with van der Waals surface area (Å²) in [6, 6.07) is 0. The van der Waals surface area contributed by atoms with Crippen molar-refractivity contribution in [3.8, 4) is 0 Å². The van der Waals surface area contributed by atoms with E-state index in [-0.39, 0.29) is 25.7 Å². The highest BCUT2D eigenvalue weighted by Crippen LogP contribution is 2.49. The fraction of sp³-hybridized carbons (Fsp3) is 0.714. The molecule has 190 valence electrons. The molecular weight excluding hydrogens is 465 g/mol. The Balaban J connectivity index is 1.96. The molecule has 2 N–H and O–H groups in total. The molecule has 13 heteroatoms. The lowest BCUT2D eigenvalue weighted by atomic mass is 9.83. The zero-order valence-electron chi connectivity index (χ0n) is 20.5. The van der Waals surface area contributed by atoms with E-state index in [1.165, 1.54) is 20.1 Å². The maximum absolute atomic E-state index is 12.4. The Morgan fingerprint density at radius 1 is 1.35 bits per heavy atom. The van der Waals surface area contributed by atoms with Crippen molar-refractivity contribution in [1.29, 1.82) is 0 Å². The minimum Gasteiger partial charge on any atom is -0.389 e. The summed E-state index contributed by atoms with van der Waals surface area (Å²) in [5, 5.41) is 14.0. The van der Waals surface area contributed by atoms with Crippen molar-refractivity contribution in [3.63, 3.8) is 0 Å². The van der Waals surface area contributed by atoms with E-state index < -0.39 is 31.4 Å². The average Bonchev–Trinajstić information content (AvgIpc) is 3.26. The van der Waals surface area contributed by atoms with Crippen molar-refractivity contribution >= 4 is 30.5 Å².